The molecular weight excluding hydrogens is 604 g/mol. The molecule has 0 aliphatic carbocycles. The van der Waals surface area contributed by atoms with Gasteiger partial charge < -0.3 is 24.4 Å². The molecule has 0 radical (unpaired) electrons. The van der Waals surface area contributed by atoms with E-state index in [0.29, 0.717) is 55.1 Å². The standard InChI is InChI=1S/C36H37ClN4O5/c1-2-24-11-14-32-28(20-24)31(42)22-33(46-32)35(44)38-29(21-25-9-12-27(37)13-10-25)36(45)40-18-16-39(17-19-40)30-7-4-3-6-26(30)23-41-15-5-8-34(41)43/h3-4,6-7,9-14,20,22,29H,2,5,8,15-19,21,23H2,1H3,(H,38,44)/t29-/m1/s1. The van der Waals surface area contributed by atoms with Gasteiger partial charge in [0.1, 0.15) is 11.6 Å². The van der Waals surface area contributed by atoms with Crippen molar-refractivity contribution in [2.45, 2.75) is 45.2 Å². The number of aryl methyl sites for hydroxylation is 1. The van der Waals surface area contributed by atoms with E-state index in [1.807, 2.05) is 42.2 Å². The lowest BCUT2D eigenvalue weighted by atomic mass is 10.0. The molecular formula is C36H37ClN4O5. The Kier molecular flexibility index (Phi) is 9.40. The average molecular weight is 641 g/mol. The molecule has 10 heteroatoms. The lowest BCUT2D eigenvalue weighted by Gasteiger charge is -2.38. The molecule has 238 valence electrons. The first kappa shape index (κ1) is 31.4. The van der Waals surface area contributed by atoms with Crippen LogP contribution >= 0.6 is 11.6 Å². The molecule has 4 aromatic rings. The largest absolute Gasteiger partial charge is 0.451 e. The number of hydrogen-bond acceptors (Lipinski definition) is 6. The molecule has 1 aromatic heterocycles. The molecule has 0 spiro atoms. The first-order chi connectivity index (χ1) is 22.3. The van der Waals surface area contributed by atoms with Crippen molar-refractivity contribution in [3.05, 3.63) is 110 Å². The van der Waals surface area contributed by atoms with Gasteiger partial charge in [0.05, 0.1) is 5.39 Å². The highest BCUT2D eigenvalue weighted by Crippen LogP contribution is 2.26. The van der Waals surface area contributed by atoms with Gasteiger partial charge in [0.25, 0.3) is 5.91 Å². The summed E-state index contributed by atoms with van der Waals surface area (Å²) in [6.45, 7) is 5.50. The predicted molar refractivity (Wildman–Crippen MR) is 178 cm³/mol. The Labute approximate surface area is 272 Å². The Morgan fingerprint density at radius 1 is 0.913 bits per heavy atom. The average Bonchev–Trinajstić information content (AvgIpc) is 3.48. The summed E-state index contributed by atoms with van der Waals surface area (Å²) in [5, 5.41) is 3.85. The summed E-state index contributed by atoms with van der Waals surface area (Å²) in [4.78, 5) is 58.6. The maximum atomic E-state index is 14.0. The number of nitrogens with zero attached hydrogens (tertiary/aromatic N) is 3. The molecule has 9 nitrogen and oxygen atoms in total. The van der Waals surface area contributed by atoms with E-state index in [4.69, 9.17) is 16.0 Å². The first-order valence-corrected chi connectivity index (χ1v) is 16.2. The maximum Gasteiger partial charge on any atom is 0.287 e. The van der Waals surface area contributed by atoms with E-state index in [-0.39, 0.29) is 29.4 Å². The van der Waals surface area contributed by atoms with Crippen LogP contribution in [-0.4, -0.2) is 66.3 Å². The zero-order chi connectivity index (χ0) is 32.2. The molecule has 2 aliphatic heterocycles. The van der Waals surface area contributed by atoms with Gasteiger partial charge in [0, 0.05) is 68.9 Å². The lowest BCUT2D eigenvalue weighted by molar-refractivity contribution is -0.133. The second kappa shape index (κ2) is 13.8. The zero-order valence-electron chi connectivity index (χ0n) is 25.8. The number of rotatable bonds is 9. The van der Waals surface area contributed by atoms with Crippen molar-refractivity contribution in [2.75, 3.05) is 37.6 Å². The Balaban J connectivity index is 1.18. The van der Waals surface area contributed by atoms with Gasteiger partial charge in [-0.3, -0.25) is 19.2 Å². The quantitative estimate of drug-likeness (QED) is 0.281. The van der Waals surface area contributed by atoms with Crippen LogP contribution in [0, 0.1) is 0 Å². The summed E-state index contributed by atoms with van der Waals surface area (Å²) in [5.74, 6) is -0.800. The molecule has 3 heterocycles. The summed E-state index contributed by atoms with van der Waals surface area (Å²) >= 11 is 6.10. The Bertz CT molecular complexity index is 1810. The first-order valence-electron chi connectivity index (χ1n) is 15.8. The van der Waals surface area contributed by atoms with E-state index in [0.717, 1.165) is 41.8 Å². The third-order valence-electron chi connectivity index (χ3n) is 8.84. The van der Waals surface area contributed by atoms with Crippen LogP contribution in [0.1, 0.15) is 47.0 Å². The fraction of sp³-hybridized carbons (Fsp3) is 0.333. The maximum absolute atomic E-state index is 14.0. The molecule has 1 N–H and O–H groups in total. The topological polar surface area (TPSA) is 103 Å². The van der Waals surface area contributed by atoms with Gasteiger partial charge in [-0.05, 0) is 59.9 Å². The number of carbonyl (C=O) groups is 3. The second-order valence-corrected chi connectivity index (χ2v) is 12.3. The molecule has 6 rings (SSSR count). The predicted octanol–water partition coefficient (Wildman–Crippen LogP) is 4.82. The molecule has 2 aliphatic rings. The summed E-state index contributed by atoms with van der Waals surface area (Å²) < 4.78 is 5.84. The van der Waals surface area contributed by atoms with E-state index in [1.165, 1.54) is 6.07 Å². The highest BCUT2D eigenvalue weighted by Gasteiger charge is 2.31. The number of carbonyl (C=O) groups excluding carboxylic acids is 3. The molecule has 0 saturated carbocycles. The van der Waals surface area contributed by atoms with Crippen LogP contribution in [0.2, 0.25) is 5.02 Å². The van der Waals surface area contributed by atoms with Crippen LogP contribution in [0.15, 0.2) is 82.0 Å². The lowest BCUT2D eigenvalue weighted by Crippen LogP contribution is -2.55. The molecule has 0 bridgehead atoms. The van der Waals surface area contributed by atoms with Gasteiger partial charge >= 0.3 is 0 Å². The Morgan fingerprint density at radius 2 is 1.65 bits per heavy atom. The van der Waals surface area contributed by atoms with Gasteiger partial charge in [-0.25, -0.2) is 0 Å². The van der Waals surface area contributed by atoms with Crippen molar-refractivity contribution in [3.63, 3.8) is 0 Å². The minimum atomic E-state index is -0.892. The Hall–Kier alpha value is -4.63. The van der Waals surface area contributed by atoms with Gasteiger partial charge in [0.2, 0.25) is 11.8 Å². The number of benzene rings is 3. The van der Waals surface area contributed by atoms with E-state index in [1.54, 1.807) is 29.2 Å². The van der Waals surface area contributed by atoms with Crippen LogP contribution in [0.25, 0.3) is 11.0 Å². The van der Waals surface area contributed by atoms with Gasteiger partial charge in [0.15, 0.2) is 11.2 Å². The zero-order valence-corrected chi connectivity index (χ0v) is 26.6. The number of likely N-dealkylation sites (tertiary alicyclic amines) is 1. The van der Waals surface area contributed by atoms with Crippen LogP contribution in [0.4, 0.5) is 5.69 Å². The third kappa shape index (κ3) is 6.94. The monoisotopic (exact) mass is 640 g/mol. The number of piperazine rings is 1. The molecule has 46 heavy (non-hydrogen) atoms. The van der Waals surface area contributed by atoms with E-state index < -0.39 is 11.9 Å². The number of para-hydroxylation sites is 1. The smallest absolute Gasteiger partial charge is 0.287 e. The molecule has 3 amide bonds. The molecule has 2 fully saturated rings. The number of nitrogens with one attached hydrogen (secondary N) is 1. The van der Waals surface area contributed by atoms with Crippen molar-refractivity contribution < 1.29 is 18.8 Å². The fourth-order valence-electron chi connectivity index (χ4n) is 6.24. The van der Waals surface area contributed by atoms with Crippen molar-refractivity contribution in [1.29, 1.82) is 0 Å². The minimum absolute atomic E-state index is 0.145. The van der Waals surface area contributed by atoms with E-state index in [2.05, 4.69) is 22.3 Å². The number of amides is 3. The van der Waals surface area contributed by atoms with E-state index in [9.17, 15) is 19.2 Å². The summed E-state index contributed by atoms with van der Waals surface area (Å²) in [6.07, 6.45) is 2.50. The molecule has 1 atom stereocenters. The van der Waals surface area contributed by atoms with Crippen molar-refractivity contribution in [3.8, 4) is 0 Å². The fourth-order valence-corrected chi connectivity index (χ4v) is 6.36. The van der Waals surface area contributed by atoms with Crippen LogP contribution in [-0.2, 0) is 29.0 Å². The molecule has 2 saturated heterocycles. The van der Waals surface area contributed by atoms with Crippen LogP contribution in [0.5, 0.6) is 0 Å². The van der Waals surface area contributed by atoms with Crippen LogP contribution < -0.4 is 15.6 Å². The number of hydrogen-bond donors (Lipinski definition) is 1. The summed E-state index contributed by atoms with van der Waals surface area (Å²) in [5.41, 5.74) is 4.00. The number of anilines is 1. The normalized spacial score (nSPS) is 15.8. The minimum Gasteiger partial charge on any atom is -0.451 e. The van der Waals surface area contributed by atoms with Crippen LogP contribution in [0.3, 0.4) is 0 Å². The Morgan fingerprint density at radius 3 is 2.37 bits per heavy atom. The highest BCUT2D eigenvalue weighted by atomic mass is 35.5. The summed E-state index contributed by atoms with van der Waals surface area (Å²) in [7, 11) is 0. The summed E-state index contributed by atoms with van der Waals surface area (Å²) in [6, 6.07) is 20.9. The van der Waals surface area contributed by atoms with Gasteiger partial charge in [-0.15, -0.1) is 0 Å². The second-order valence-electron chi connectivity index (χ2n) is 11.9. The van der Waals surface area contributed by atoms with E-state index >= 15 is 0 Å². The highest BCUT2D eigenvalue weighted by molar-refractivity contribution is 6.30. The van der Waals surface area contributed by atoms with Crippen molar-refractivity contribution in [1.82, 2.24) is 15.1 Å². The number of halogens is 1. The molecule has 3 aromatic carbocycles. The van der Waals surface area contributed by atoms with Crippen molar-refractivity contribution in [2.24, 2.45) is 0 Å². The third-order valence-corrected chi connectivity index (χ3v) is 9.09. The van der Waals surface area contributed by atoms with Gasteiger partial charge in [-0.2, -0.15) is 0 Å². The molecule has 0 unspecified atom stereocenters. The SMILES string of the molecule is CCc1ccc2oc(C(=O)N[C@H](Cc3ccc(Cl)cc3)C(=O)N3CCN(c4ccccc4CN4CCCC4=O)CC3)cc(=O)c2c1. The van der Waals surface area contributed by atoms with Crippen molar-refractivity contribution >= 4 is 46.0 Å². The number of fused-ring (bicyclic) bond motifs is 1. The van der Waals surface area contributed by atoms with Gasteiger partial charge in [-0.1, -0.05) is 54.9 Å².